The van der Waals surface area contributed by atoms with Gasteiger partial charge in [0.15, 0.2) is 0 Å². The van der Waals surface area contributed by atoms with Crippen molar-refractivity contribution in [3.63, 3.8) is 0 Å². The quantitative estimate of drug-likeness (QED) is 0.369. The standard InChI is InChI=1S/C23H16Cl2N2O/c24-18-7-9-21(23(25)11-18)20-8-6-16(14-28-19-4-2-1-3-5-19)10-22(20)17-12-26-15-27-13-17/h1-13,15H,14H2. The molecule has 0 atom stereocenters. The first-order valence-electron chi connectivity index (χ1n) is 8.72. The maximum absolute atomic E-state index is 6.46. The molecular formula is C23H16Cl2N2O. The van der Waals surface area contributed by atoms with Crippen LogP contribution in [0.15, 0.2) is 85.5 Å². The number of aromatic nitrogens is 2. The second-order valence-electron chi connectivity index (χ2n) is 6.23. The minimum absolute atomic E-state index is 0.458. The number of hydrogen-bond donors (Lipinski definition) is 0. The van der Waals surface area contributed by atoms with Crippen LogP contribution in [-0.2, 0) is 6.61 Å². The van der Waals surface area contributed by atoms with Gasteiger partial charge in [-0.15, -0.1) is 0 Å². The first kappa shape index (κ1) is 18.5. The third kappa shape index (κ3) is 4.16. The van der Waals surface area contributed by atoms with Gasteiger partial charge in [-0.3, -0.25) is 0 Å². The van der Waals surface area contributed by atoms with Crippen molar-refractivity contribution < 1.29 is 4.74 Å². The number of hydrogen-bond acceptors (Lipinski definition) is 3. The Hall–Kier alpha value is -2.88. The van der Waals surface area contributed by atoms with Crippen LogP contribution in [0.4, 0.5) is 0 Å². The van der Waals surface area contributed by atoms with Crippen LogP contribution in [0.25, 0.3) is 22.3 Å². The number of ether oxygens (including phenoxy) is 1. The van der Waals surface area contributed by atoms with E-state index in [1.165, 1.54) is 6.33 Å². The molecule has 1 heterocycles. The van der Waals surface area contributed by atoms with Gasteiger partial charge in [0.25, 0.3) is 0 Å². The Morgan fingerprint density at radius 2 is 1.50 bits per heavy atom. The van der Waals surface area contributed by atoms with Crippen molar-refractivity contribution in [3.8, 4) is 28.0 Å². The van der Waals surface area contributed by atoms with Gasteiger partial charge in [0.1, 0.15) is 18.7 Å². The molecule has 3 aromatic carbocycles. The molecule has 0 amide bonds. The number of benzene rings is 3. The number of halogens is 2. The summed E-state index contributed by atoms with van der Waals surface area (Å²) in [5.74, 6) is 0.830. The zero-order valence-corrected chi connectivity index (χ0v) is 16.4. The first-order valence-corrected chi connectivity index (χ1v) is 9.48. The van der Waals surface area contributed by atoms with E-state index in [1.807, 2.05) is 54.6 Å². The third-order valence-electron chi connectivity index (χ3n) is 4.33. The smallest absolute Gasteiger partial charge is 0.119 e. The Balaban J connectivity index is 1.74. The van der Waals surface area contributed by atoms with Gasteiger partial charge in [-0.1, -0.05) is 59.6 Å². The zero-order valence-electron chi connectivity index (χ0n) is 14.8. The average Bonchev–Trinajstić information content (AvgIpc) is 2.74. The van der Waals surface area contributed by atoms with Crippen LogP contribution in [0.1, 0.15) is 5.56 Å². The second-order valence-corrected chi connectivity index (χ2v) is 7.08. The third-order valence-corrected chi connectivity index (χ3v) is 4.87. The van der Waals surface area contributed by atoms with Gasteiger partial charge in [-0.05, 0) is 47.0 Å². The van der Waals surface area contributed by atoms with Crippen LogP contribution in [0.2, 0.25) is 10.0 Å². The normalized spacial score (nSPS) is 10.6. The summed E-state index contributed by atoms with van der Waals surface area (Å²) in [5, 5.41) is 1.20. The molecule has 0 saturated carbocycles. The number of nitrogens with zero attached hydrogens (tertiary/aromatic N) is 2. The minimum Gasteiger partial charge on any atom is -0.489 e. The second kappa shape index (κ2) is 8.42. The van der Waals surface area contributed by atoms with E-state index in [0.29, 0.717) is 16.7 Å². The molecule has 0 saturated heterocycles. The highest BCUT2D eigenvalue weighted by Gasteiger charge is 2.13. The van der Waals surface area contributed by atoms with Crippen molar-refractivity contribution in [2.24, 2.45) is 0 Å². The van der Waals surface area contributed by atoms with Gasteiger partial charge in [-0.25, -0.2) is 9.97 Å². The Morgan fingerprint density at radius 1 is 0.750 bits per heavy atom. The molecule has 0 aliphatic rings. The SMILES string of the molecule is Clc1ccc(-c2ccc(COc3ccccc3)cc2-c2cncnc2)c(Cl)c1. The van der Waals surface area contributed by atoms with Crippen molar-refractivity contribution in [1.82, 2.24) is 9.97 Å². The van der Waals surface area contributed by atoms with Gasteiger partial charge < -0.3 is 4.74 Å². The molecule has 1 aromatic heterocycles. The van der Waals surface area contributed by atoms with Crippen molar-refractivity contribution in [1.29, 1.82) is 0 Å². The lowest BCUT2D eigenvalue weighted by Crippen LogP contribution is -1.97. The Morgan fingerprint density at radius 3 is 2.25 bits per heavy atom. The predicted molar refractivity (Wildman–Crippen MR) is 114 cm³/mol. The molecule has 0 aliphatic heterocycles. The van der Waals surface area contributed by atoms with E-state index in [9.17, 15) is 0 Å². The van der Waals surface area contributed by atoms with E-state index >= 15 is 0 Å². The van der Waals surface area contributed by atoms with Crippen LogP contribution in [0, 0.1) is 0 Å². The summed E-state index contributed by atoms with van der Waals surface area (Å²) < 4.78 is 5.89. The van der Waals surface area contributed by atoms with E-state index in [1.54, 1.807) is 18.5 Å². The lowest BCUT2D eigenvalue weighted by molar-refractivity contribution is 0.306. The Bertz CT molecular complexity index is 1090. The Kier molecular flexibility index (Phi) is 5.56. The van der Waals surface area contributed by atoms with E-state index in [4.69, 9.17) is 27.9 Å². The van der Waals surface area contributed by atoms with Gasteiger partial charge in [0.2, 0.25) is 0 Å². The highest BCUT2D eigenvalue weighted by Crippen LogP contribution is 2.37. The van der Waals surface area contributed by atoms with Gasteiger partial charge in [0.05, 0.1) is 0 Å². The molecule has 5 heteroatoms. The molecule has 28 heavy (non-hydrogen) atoms. The molecule has 0 unspecified atom stereocenters. The van der Waals surface area contributed by atoms with Gasteiger partial charge in [0, 0.05) is 33.6 Å². The van der Waals surface area contributed by atoms with Crippen LogP contribution in [0.3, 0.4) is 0 Å². The van der Waals surface area contributed by atoms with Crippen molar-refractivity contribution in [3.05, 3.63) is 101 Å². The maximum atomic E-state index is 6.46. The van der Waals surface area contributed by atoms with Crippen molar-refractivity contribution in [2.45, 2.75) is 6.61 Å². The number of para-hydroxylation sites is 1. The molecule has 0 bridgehead atoms. The molecule has 0 fully saturated rings. The molecular weight excluding hydrogens is 391 g/mol. The van der Waals surface area contributed by atoms with E-state index in [2.05, 4.69) is 16.0 Å². The lowest BCUT2D eigenvalue weighted by Gasteiger charge is -2.14. The molecule has 0 aliphatic carbocycles. The predicted octanol–water partition coefficient (Wildman–Crippen LogP) is 6.70. The monoisotopic (exact) mass is 406 g/mol. The summed E-state index contributed by atoms with van der Waals surface area (Å²) in [5.41, 5.74) is 4.82. The fourth-order valence-corrected chi connectivity index (χ4v) is 3.49. The summed E-state index contributed by atoms with van der Waals surface area (Å²) >= 11 is 12.5. The highest BCUT2D eigenvalue weighted by atomic mass is 35.5. The molecule has 138 valence electrons. The molecule has 0 spiro atoms. The van der Waals surface area contributed by atoms with Crippen LogP contribution in [-0.4, -0.2) is 9.97 Å². The summed E-state index contributed by atoms with van der Waals surface area (Å²) in [6, 6.07) is 21.4. The van der Waals surface area contributed by atoms with Crippen molar-refractivity contribution >= 4 is 23.2 Å². The highest BCUT2D eigenvalue weighted by molar-refractivity contribution is 6.36. The van der Waals surface area contributed by atoms with Crippen LogP contribution in [0.5, 0.6) is 5.75 Å². The van der Waals surface area contributed by atoms with E-state index < -0.39 is 0 Å². The molecule has 0 N–H and O–H groups in total. The minimum atomic E-state index is 0.458. The van der Waals surface area contributed by atoms with E-state index in [-0.39, 0.29) is 0 Å². The number of rotatable bonds is 5. The Labute approximate surface area is 173 Å². The average molecular weight is 407 g/mol. The molecule has 0 radical (unpaired) electrons. The van der Waals surface area contributed by atoms with E-state index in [0.717, 1.165) is 33.6 Å². The van der Waals surface area contributed by atoms with Crippen molar-refractivity contribution in [2.75, 3.05) is 0 Å². The maximum Gasteiger partial charge on any atom is 0.119 e. The largest absolute Gasteiger partial charge is 0.489 e. The molecule has 4 aromatic rings. The fraction of sp³-hybridized carbons (Fsp3) is 0.0435. The zero-order chi connectivity index (χ0) is 19.3. The van der Waals surface area contributed by atoms with Gasteiger partial charge >= 0.3 is 0 Å². The summed E-state index contributed by atoms with van der Waals surface area (Å²) in [4.78, 5) is 8.32. The summed E-state index contributed by atoms with van der Waals surface area (Å²) in [7, 11) is 0. The molecule has 3 nitrogen and oxygen atoms in total. The summed E-state index contributed by atoms with van der Waals surface area (Å²) in [6.45, 7) is 0.458. The van der Waals surface area contributed by atoms with Gasteiger partial charge in [-0.2, -0.15) is 0 Å². The summed E-state index contributed by atoms with van der Waals surface area (Å²) in [6.07, 6.45) is 5.09. The van der Waals surface area contributed by atoms with Crippen LogP contribution >= 0.6 is 23.2 Å². The lowest BCUT2D eigenvalue weighted by atomic mass is 9.94. The van der Waals surface area contributed by atoms with Crippen LogP contribution < -0.4 is 4.74 Å². The topological polar surface area (TPSA) is 35.0 Å². The molecule has 4 rings (SSSR count). The first-order chi connectivity index (χ1) is 13.7. The fourth-order valence-electron chi connectivity index (χ4n) is 2.98.